The van der Waals surface area contributed by atoms with Crippen molar-refractivity contribution in [3.63, 3.8) is 0 Å². The molecule has 0 aliphatic carbocycles. The van der Waals surface area contributed by atoms with Crippen molar-refractivity contribution in [3.05, 3.63) is 50.6 Å². The van der Waals surface area contributed by atoms with Crippen LogP contribution in [0.15, 0.2) is 40.2 Å². The van der Waals surface area contributed by atoms with E-state index in [0.717, 1.165) is 20.7 Å². The number of thiophene rings is 1. The monoisotopic (exact) mass is 416 g/mol. The van der Waals surface area contributed by atoms with E-state index in [4.69, 9.17) is 16.0 Å². The molecule has 5 heteroatoms. The summed E-state index contributed by atoms with van der Waals surface area (Å²) in [5, 5.41) is 2.10. The first kappa shape index (κ1) is 18.1. The second kappa shape index (κ2) is 6.68. The lowest BCUT2D eigenvalue weighted by Gasteiger charge is -2.36. The lowest BCUT2D eigenvalue weighted by molar-refractivity contribution is 0.491. The molecule has 1 unspecified atom stereocenters. The topological polar surface area (TPSA) is 9.23 Å². The van der Waals surface area contributed by atoms with E-state index in [-0.39, 0.29) is 10.4 Å². The van der Waals surface area contributed by atoms with Gasteiger partial charge in [0.1, 0.15) is 5.75 Å². The van der Waals surface area contributed by atoms with Crippen LogP contribution in [-0.2, 0) is 0 Å². The highest BCUT2D eigenvalue weighted by Crippen LogP contribution is 2.39. The molecule has 0 N–H and O–H groups in total. The molecular formula is C17H22BrClOSSi. The molecule has 2 aromatic rings. The third kappa shape index (κ3) is 4.16. The van der Waals surface area contributed by atoms with Gasteiger partial charge in [-0.05, 0) is 57.8 Å². The zero-order valence-electron chi connectivity index (χ0n) is 13.6. The van der Waals surface area contributed by atoms with E-state index in [2.05, 4.69) is 73.4 Å². The number of halogens is 2. The van der Waals surface area contributed by atoms with Crippen LogP contribution in [0.3, 0.4) is 0 Å². The molecular weight excluding hydrogens is 396 g/mol. The molecule has 1 aromatic carbocycles. The predicted molar refractivity (Wildman–Crippen MR) is 104 cm³/mol. The van der Waals surface area contributed by atoms with Gasteiger partial charge in [-0.3, -0.25) is 0 Å². The number of rotatable bonds is 4. The Morgan fingerprint density at radius 1 is 1.23 bits per heavy atom. The Balaban J connectivity index is 2.24. The first-order chi connectivity index (χ1) is 10.1. The van der Waals surface area contributed by atoms with Gasteiger partial charge in [-0.1, -0.05) is 32.9 Å². The van der Waals surface area contributed by atoms with Crippen LogP contribution in [0.4, 0.5) is 0 Å². The third-order valence-corrected chi connectivity index (χ3v) is 10.9. The molecule has 0 radical (unpaired) electrons. The summed E-state index contributed by atoms with van der Waals surface area (Å²) in [6, 6.07) is 10.3. The Bertz CT molecular complexity index is 648. The van der Waals surface area contributed by atoms with Crippen molar-refractivity contribution in [2.75, 3.05) is 0 Å². The Hall–Kier alpha value is -0.293. The largest absolute Gasteiger partial charge is 0.543 e. The van der Waals surface area contributed by atoms with Crippen LogP contribution < -0.4 is 4.43 Å². The maximum Gasteiger partial charge on any atom is 0.250 e. The van der Waals surface area contributed by atoms with Crippen LogP contribution in [0.2, 0.25) is 18.1 Å². The quantitative estimate of drug-likeness (QED) is 0.377. The van der Waals surface area contributed by atoms with Crippen LogP contribution in [0.5, 0.6) is 5.75 Å². The molecule has 0 aliphatic heterocycles. The van der Waals surface area contributed by atoms with Gasteiger partial charge in [-0.2, -0.15) is 0 Å². The molecule has 22 heavy (non-hydrogen) atoms. The van der Waals surface area contributed by atoms with Gasteiger partial charge >= 0.3 is 0 Å². The molecule has 1 nitrogen and oxygen atoms in total. The average molecular weight is 418 g/mol. The molecule has 1 atom stereocenters. The van der Waals surface area contributed by atoms with Crippen molar-refractivity contribution >= 4 is 47.2 Å². The summed E-state index contributed by atoms with van der Waals surface area (Å²) in [4.78, 5) is 1.14. The molecule has 0 saturated carbocycles. The highest BCUT2D eigenvalue weighted by atomic mass is 79.9. The summed E-state index contributed by atoms with van der Waals surface area (Å²) in [5.41, 5.74) is 1.08. The number of hydrogen-bond acceptors (Lipinski definition) is 2. The van der Waals surface area contributed by atoms with Crippen molar-refractivity contribution in [2.24, 2.45) is 0 Å². The van der Waals surface area contributed by atoms with Gasteiger partial charge in [0.2, 0.25) is 8.32 Å². The zero-order valence-corrected chi connectivity index (χ0v) is 17.8. The van der Waals surface area contributed by atoms with E-state index in [0.29, 0.717) is 0 Å². The van der Waals surface area contributed by atoms with Gasteiger partial charge in [0.05, 0.1) is 5.38 Å². The smallest absolute Gasteiger partial charge is 0.250 e. The van der Waals surface area contributed by atoms with Crippen molar-refractivity contribution in [2.45, 2.75) is 44.3 Å². The number of hydrogen-bond donors (Lipinski definition) is 0. The van der Waals surface area contributed by atoms with Crippen LogP contribution in [0.25, 0.3) is 0 Å². The Morgan fingerprint density at radius 3 is 2.45 bits per heavy atom. The maximum absolute atomic E-state index is 6.62. The second-order valence-corrected chi connectivity index (χ2v) is 14.0. The van der Waals surface area contributed by atoms with Gasteiger partial charge in [0.25, 0.3) is 0 Å². The first-order valence-corrected chi connectivity index (χ1v) is 12.3. The Morgan fingerprint density at radius 2 is 1.91 bits per heavy atom. The molecule has 0 amide bonds. The molecule has 0 bridgehead atoms. The molecule has 0 fully saturated rings. The van der Waals surface area contributed by atoms with Gasteiger partial charge in [0.15, 0.2) is 0 Å². The first-order valence-electron chi connectivity index (χ1n) is 7.27. The normalized spacial score (nSPS) is 14.0. The van der Waals surface area contributed by atoms with Crippen LogP contribution >= 0.6 is 38.9 Å². The summed E-state index contributed by atoms with van der Waals surface area (Å²) >= 11 is 11.8. The van der Waals surface area contributed by atoms with E-state index < -0.39 is 8.32 Å². The van der Waals surface area contributed by atoms with Gasteiger partial charge in [-0.15, -0.1) is 22.9 Å². The maximum atomic E-state index is 6.62. The fraction of sp³-hybridized carbons (Fsp3) is 0.412. The van der Waals surface area contributed by atoms with E-state index in [1.54, 1.807) is 11.3 Å². The molecule has 120 valence electrons. The minimum absolute atomic E-state index is 0.140. The van der Waals surface area contributed by atoms with Crippen molar-refractivity contribution in [1.29, 1.82) is 0 Å². The molecule has 0 saturated heterocycles. The van der Waals surface area contributed by atoms with Gasteiger partial charge in [0, 0.05) is 14.7 Å². The van der Waals surface area contributed by atoms with E-state index in [1.165, 1.54) is 0 Å². The van der Waals surface area contributed by atoms with E-state index in [9.17, 15) is 0 Å². The summed E-state index contributed by atoms with van der Waals surface area (Å²) in [5.74, 6) is 0.922. The Labute approximate surface area is 151 Å². The summed E-state index contributed by atoms with van der Waals surface area (Å²) in [6.07, 6.45) is 0. The predicted octanol–water partition coefficient (Wildman–Crippen LogP) is 7.22. The van der Waals surface area contributed by atoms with Crippen molar-refractivity contribution < 1.29 is 4.43 Å². The molecule has 0 aliphatic rings. The average Bonchev–Trinajstić information content (AvgIpc) is 2.83. The van der Waals surface area contributed by atoms with Gasteiger partial charge in [-0.25, -0.2) is 0 Å². The van der Waals surface area contributed by atoms with Crippen molar-refractivity contribution in [3.8, 4) is 5.75 Å². The van der Waals surface area contributed by atoms with Crippen LogP contribution in [0, 0.1) is 0 Å². The summed E-state index contributed by atoms with van der Waals surface area (Å²) in [7, 11) is -1.83. The number of benzene rings is 1. The standard InChI is InChI=1S/C17H22BrClOSSi/c1-17(2,3)22(4,5)20-14-8-6-7-12(9-14)16(19)15-10-13(18)11-21-15/h6-11,16H,1-5H3. The number of alkyl halides is 1. The Kier molecular flexibility index (Phi) is 5.48. The molecule has 0 spiro atoms. The van der Waals surface area contributed by atoms with Gasteiger partial charge < -0.3 is 4.43 Å². The molecule has 1 heterocycles. The van der Waals surface area contributed by atoms with E-state index in [1.807, 2.05) is 12.1 Å². The lowest BCUT2D eigenvalue weighted by atomic mass is 10.1. The fourth-order valence-electron chi connectivity index (χ4n) is 1.81. The van der Waals surface area contributed by atoms with Crippen molar-refractivity contribution in [1.82, 2.24) is 0 Å². The molecule has 1 aromatic heterocycles. The highest BCUT2D eigenvalue weighted by Gasteiger charge is 2.39. The van der Waals surface area contributed by atoms with Crippen LogP contribution in [0.1, 0.15) is 36.6 Å². The SMILES string of the molecule is CC(C)(C)[Si](C)(C)Oc1cccc(C(Cl)c2cc(Br)cs2)c1. The highest BCUT2D eigenvalue weighted by molar-refractivity contribution is 9.10. The van der Waals surface area contributed by atoms with Crippen LogP contribution in [-0.4, -0.2) is 8.32 Å². The summed E-state index contributed by atoms with van der Waals surface area (Å²) < 4.78 is 7.45. The van der Waals surface area contributed by atoms with E-state index >= 15 is 0 Å². The minimum Gasteiger partial charge on any atom is -0.543 e. The minimum atomic E-state index is -1.83. The lowest BCUT2D eigenvalue weighted by Crippen LogP contribution is -2.43. The third-order valence-electron chi connectivity index (χ3n) is 4.17. The summed E-state index contributed by atoms with van der Waals surface area (Å²) in [6.45, 7) is 11.3. The fourth-order valence-corrected chi connectivity index (χ4v) is 4.63. The zero-order chi connectivity index (χ0) is 16.5. The second-order valence-electron chi connectivity index (χ2n) is 6.96. The molecule has 2 rings (SSSR count).